The quantitative estimate of drug-likeness (QED) is 0.102. The monoisotopic (exact) mass is 564 g/mol. The van der Waals surface area contributed by atoms with Crippen LogP contribution in [-0.2, 0) is 9.47 Å². The minimum Gasteiger partial charge on any atom is -0.494 e. The maximum Gasteiger partial charge on any atom is 0.343 e. The maximum absolute atomic E-state index is 12.7. The summed E-state index contributed by atoms with van der Waals surface area (Å²) in [6.45, 7) is 4.43. The topological polar surface area (TPSA) is 54.0 Å². The van der Waals surface area contributed by atoms with Gasteiger partial charge in [0.1, 0.15) is 11.5 Å². The van der Waals surface area contributed by atoms with Crippen molar-refractivity contribution in [2.45, 2.75) is 116 Å². The Kier molecular flexibility index (Phi) is 14.0. The van der Waals surface area contributed by atoms with Crippen molar-refractivity contribution in [2.75, 3.05) is 19.8 Å². The van der Waals surface area contributed by atoms with Crippen molar-refractivity contribution in [1.82, 2.24) is 0 Å². The van der Waals surface area contributed by atoms with Gasteiger partial charge in [-0.3, -0.25) is 0 Å². The molecule has 226 valence electrons. The minimum atomic E-state index is -0.380. The lowest BCUT2D eigenvalue weighted by atomic mass is 9.99. The van der Waals surface area contributed by atoms with E-state index in [2.05, 4.69) is 6.92 Å². The molecule has 0 unspecified atom stereocenters. The molecule has 1 aliphatic carbocycles. The molecule has 0 atom stereocenters. The largest absolute Gasteiger partial charge is 0.494 e. The van der Waals surface area contributed by atoms with Gasteiger partial charge in [-0.25, -0.2) is 4.79 Å². The number of rotatable bonds is 18. The van der Waals surface area contributed by atoms with E-state index in [1.807, 2.05) is 24.3 Å². The standard InChI is InChI=1S/C36H52O5/c1-2-3-4-5-6-10-17-30-27-39-36(40-28-30)32-20-24-34(25-21-32)41-35(37)31-18-22-33(23-19-31)38-26-13-8-7-9-14-29-15-11-12-16-29/h18-25,29-30,36H,2-17,26-28H2,1H3/t30-,36-. The zero-order valence-electron chi connectivity index (χ0n) is 25.3. The highest BCUT2D eigenvalue weighted by Gasteiger charge is 2.23. The minimum absolute atomic E-state index is 0.356. The Morgan fingerprint density at radius 2 is 1.29 bits per heavy atom. The molecule has 2 aliphatic rings. The number of ether oxygens (including phenoxy) is 4. The summed E-state index contributed by atoms with van der Waals surface area (Å²) >= 11 is 0. The van der Waals surface area contributed by atoms with Crippen molar-refractivity contribution in [1.29, 1.82) is 0 Å². The molecular weight excluding hydrogens is 512 g/mol. The number of hydrogen-bond donors (Lipinski definition) is 0. The summed E-state index contributed by atoms with van der Waals surface area (Å²) in [7, 11) is 0. The molecule has 4 rings (SSSR count). The first-order valence-corrected chi connectivity index (χ1v) is 16.5. The third-order valence-corrected chi connectivity index (χ3v) is 8.64. The number of esters is 1. The second-order valence-electron chi connectivity index (χ2n) is 12.1. The summed E-state index contributed by atoms with van der Waals surface area (Å²) in [5, 5.41) is 0. The average Bonchev–Trinajstić information content (AvgIpc) is 3.53. The second-order valence-corrected chi connectivity index (χ2v) is 12.1. The molecule has 0 bridgehead atoms. The van der Waals surface area contributed by atoms with Crippen molar-refractivity contribution in [3.8, 4) is 11.5 Å². The molecule has 5 nitrogen and oxygen atoms in total. The highest BCUT2D eigenvalue weighted by molar-refractivity contribution is 5.91. The van der Waals surface area contributed by atoms with Crippen molar-refractivity contribution in [2.24, 2.45) is 11.8 Å². The summed E-state index contributed by atoms with van der Waals surface area (Å²) < 4.78 is 23.5. The summed E-state index contributed by atoms with van der Waals surface area (Å²) in [6, 6.07) is 14.6. The molecule has 2 aromatic carbocycles. The van der Waals surface area contributed by atoms with E-state index in [4.69, 9.17) is 18.9 Å². The Labute approximate surface area is 248 Å². The molecule has 1 aliphatic heterocycles. The van der Waals surface area contributed by atoms with E-state index in [9.17, 15) is 4.79 Å². The van der Waals surface area contributed by atoms with Gasteiger partial charge in [0.15, 0.2) is 6.29 Å². The Hall–Kier alpha value is -2.37. The maximum atomic E-state index is 12.7. The van der Waals surface area contributed by atoms with Gasteiger partial charge < -0.3 is 18.9 Å². The molecule has 2 fully saturated rings. The molecule has 0 N–H and O–H groups in total. The number of carbonyl (C=O) groups excluding carboxylic acids is 1. The van der Waals surface area contributed by atoms with Crippen molar-refractivity contribution < 1.29 is 23.7 Å². The van der Waals surface area contributed by atoms with Gasteiger partial charge in [-0.15, -0.1) is 0 Å². The van der Waals surface area contributed by atoms with Gasteiger partial charge in [0.2, 0.25) is 0 Å². The molecule has 1 saturated carbocycles. The molecular formula is C36H52O5. The van der Waals surface area contributed by atoms with E-state index < -0.39 is 0 Å². The van der Waals surface area contributed by atoms with E-state index >= 15 is 0 Å². The van der Waals surface area contributed by atoms with Crippen LogP contribution in [0.3, 0.4) is 0 Å². The summed E-state index contributed by atoms with van der Waals surface area (Å²) in [4.78, 5) is 12.7. The van der Waals surface area contributed by atoms with Crippen LogP contribution in [0.4, 0.5) is 0 Å². The fourth-order valence-corrected chi connectivity index (χ4v) is 6.04. The predicted molar refractivity (Wildman–Crippen MR) is 165 cm³/mol. The third kappa shape index (κ3) is 11.4. The van der Waals surface area contributed by atoms with Gasteiger partial charge in [0.05, 0.1) is 25.4 Å². The van der Waals surface area contributed by atoms with Crippen LogP contribution in [0.1, 0.15) is 132 Å². The first kappa shape index (κ1) is 31.6. The molecule has 0 aromatic heterocycles. The smallest absolute Gasteiger partial charge is 0.343 e. The predicted octanol–water partition coefficient (Wildman–Crippen LogP) is 9.84. The zero-order valence-corrected chi connectivity index (χ0v) is 25.3. The van der Waals surface area contributed by atoms with Crippen LogP contribution >= 0.6 is 0 Å². The Bertz CT molecular complexity index is 972. The first-order chi connectivity index (χ1) is 20.2. The molecule has 41 heavy (non-hydrogen) atoms. The SMILES string of the molecule is CCCCCCCC[C@H]1CO[C@H](c2ccc(OC(=O)c3ccc(OCCCCCCC4CCCC4)cc3)cc2)OC1. The van der Waals surface area contributed by atoms with E-state index in [0.717, 1.165) is 36.9 Å². The lowest BCUT2D eigenvalue weighted by Crippen LogP contribution is -2.27. The van der Waals surface area contributed by atoms with E-state index in [1.54, 1.807) is 24.3 Å². The van der Waals surface area contributed by atoms with Crippen molar-refractivity contribution >= 4 is 5.97 Å². The van der Waals surface area contributed by atoms with Gasteiger partial charge in [-0.1, -0.05) is 109 Å². The van der Waals surface area contributed by atoms with Crippen LogP contribution in [0.25, 0.3) is 0 Å². The van der Waals surface area contributed by atoms with Crippen LogP contribution in [0.15, 0.2) is 48.5 Å². The van der Waals surface area contributed by atoms with Crippen molar-refractivity contribution in [3.05, 3.63) is 59.7 Å². The summed E-state index contributed by atoms with van der Waals surface area (Å²) in [5.41, 5.74) is 1.45. The van der Waals surface area contributed by atoms with E-state index in [1.165, 1.54) is 96.3 Å². The molecule has 0 spiro atoms. The summed E-state index contributed by atoms with van der Waals surface area (Å²) in [5.74, 6) is 2.39. The molecule has 1 heterocycles. The van der Waals surface area contributed by atoms with Crippen LogP contribution in [-0.4, -0.2) is 25.8 Å². The van der Waals surface area contributed by atoms with Gasteiger partial charge in [-0.05, 0) is 55.2 Å². The van der Waals surface area contributed by atoms with Crippen LogP contribution in [0, 0.1) is 11.8 Å². The fraction of sp³-hybridized carbons (Fsp3) is 0.639. The first-order valence-electron chi connectivity index (χ1n) is 16.5. The van der Waals surface area contributed by atoms with Gasteiger partial charge in [0, 0.05) is 11.5 Å². The fourth-order valence-electron chi connectivity index (χ4n) is 6.04. The summed E-state index contributed by atoms with van der Waals surface area (Å²) in [6.07, 6.45) is 20.8. The highest BCUT2D eigenvalue weighted by Crippen LogP contribution is 2.30. The Balaban J connectivity index is 1.09. The lowest BCUT2D eigenvalue weighted by molar-refractivity contribution is -0.206. The van der Waals surface area contributed by atoms with Crippen LogP contribution in [0.2, 0.25) is 0 Å². The van der Waals surface area contributed by atoms with Crippen molar-refractivity contribution in [3.63, 3.8) is 0 Å². The van der Waals surface area contributed by atoms with Gasteiger partial charge >= 0.3 is 5.97 Å². The zero-order chi connectivity index (χ0) is 28.5. The van der Waals surface area contributed by atoms with E-state index in [-0.39, 0.29) is 12.3 Å². The number of benzene rings is 2. The molecule has 1 saturated heterocycles. The number of hydrogen-bond acceptors (Lipinski definition) is 5. The van der Waals surface area contributed by atoms with Gasteiger partial charge in [0.25, 0.3) is 0 Å². The molecule has 0 amide bonds. The highest BCUT2D eigenvalue weighted by atomic mass is 16.7. The van der Waals surface area contributed by atoms with Gasteiger partial charge in [-0.2, -0.15) is 0 Å². The molecule has 2 aromatic rings. The average molecular weight is 565 g/mol. The molecule has 5 heteroatoms. The molecule has 0 radical (unpaired) electrons. The third-order valence-electron chi connectivity index (χ3n) is 8.64. The normalized spacial score (nSPS) is 19.3. The van der Waals surface area contributed by atoms with Crippen LogP contribution in [0.5, 0.6) is 11.5 Å². The Morgan fingerprint density at radius 3 is 1.98 bits per heavy atom. The second kappa shape index (κ2) is 18.2. The van der Waals surface area contributed by atoms with E-state index in [0.29, 0.717) is 23.8 Å². The lowest BCUT2D eigenvalue weighted by Gasteiger charge is -2.29. The Morgan fingerprint density at radius 1 is 0.707 bits per heavy atom. The van der Waals surface area contributed by atoms with Crippen LogP contribution < -0.4 is 9.47 Å². The number of carbonyl (C=O) groups is 1. The number of unbranched alkanes of at least 4 members (excludes halogenated alkanes) is 8.